The summed E-state index contributed by atoms with van der Waals surface area (Å²) in [6.45, 7) is 4.41. The number of aromatic nitrogens is 2. The molecule has 0 radical (unpaired) electrons. The summed E-state index contributed by atoms with van der Waals surface area (Å²) in [5, 5.41) is 9.31. The number of nitrogens with one attached hydrogen (secondary N) is 2. The van der Waals surface area contributed by atoms with E-state index < -0.39 is 42.2 Å². The predicted octanol–water partition coefficient (Wildman–Crippen LogP) is 6.09. The lowest BCUT2D eigenvalue weighted by atomic mass is 10.0. The standard InChI is InChI=1S/C26H25Cl2F3N4O4/c1-12(2)20-9-19(35-39-20)24(36)34-26(4-5-26)25(37)33-13(3)22-18(29)6-14(10-32-22)16-7-15(27)8-17(28)23(16)38-11-21(30)31/h6-10,12-13,21H,4-5,11H2,1-3H3,(H,33,37)(H,34,36)/t13-/m1/s1. The molecule has 1 aliphatic rings. The first-order chi connectivity index (χ1) is 18.4. The van der Waals surface area contributed by atoms with Gasteiger partial charge in [0.15, 0.2) is 5.69 Å². The average Bonchev–Trinajstić information content (AvgIpc) is 3.46. The van der Waals surface area contributed by atoms with Crippen LogP contribution < -0.4 is 15.4 Å². The van der Waals surface area contributed by atoms with E-state index in [1.54, 1.807) is 6.92 Å². The number of hydrogen-bond acceptors (Lipinski definition) is 6. The lowest BCUT2D eigenvalue weighted by Crippen LogP contribution is -2.49. The van der Waals surface area contributed by atoms with Crippen LogP contribution in [0.15, 0.2) is 35.0 Å². The number of carbonyl (C=O) groups excluding carboxylic acids is 2. The minimum Gasteiger partial charge on any atom is -0.485 e. The highest BCUT2D eigenvalue weighted by Crippen LogP contribution is 2.40. The van der Waals surface area contributed by atoms with Gasteiger partial charge in [0.2, 0.25) is 5.91 Å². The molecule has 1 fully saturated rings. The van der Waals surface area contributed by atoms with Gasteiger partial charge in [0.05, 0.1) is 16.8 Å². The van der Waals surface area contributed by atoms with Gasteiger partial charge in [0.1, 0.15) is 29.5 Å². The molecule has 2 aromatic heterocycles. The molecule has 0 saturated heterocycles. The second-order valence-electron chi connectivity index (χ2n) is 9.56. The van der Waals surface area contributed by atoms with E-state index in [9.17, 15) is 18.4 Å². The van der Waals surface area contributed by atoms with Crippen molar-refractivity contribution in [1.29, 1.82) is 0 Å². The molecule has 13 heteroatoms. The van der Waals surface area contributed by atoms with Crippen LogP contribution >= 0.6 is 23.2 Å². The molecule has 0 aliphatic heterocycles. The van der Waals surface area contributed by atoms with Crippen molar-refractivity contribution in [1.82, 2.24) is 20.8 Å². The largest absolute Gasteiger partial charge is 0.485 e. The monoisotopic (exact) mass is 584 g/mol. The normalized spacial score (nSPS) is 14.8. The zero-order valence-electron chi connectivity index (χ0n) is 21.2. The molecule has 4 rings (SSSR count). The second kappa shape index (κ2) is 11.4. The minimum atomic E-state index is -2.75. The van der Waals surface area contributed by atoms with Crippen LogP contribution in [0.1, 0.15) is 67.5 Å². The van der Waals surface area contributed by atoms with Crippen molar-refractivity contribution >= 4 is 35.0 Å². The van der Waals surface area contributed by atoms with Crippen molar-refractivity contribution in [3.05, 3.63) is 63.5 Å². The lowest BCUT2D eigenvalue weighted by Gasteiger charge is -2.21. The van der Waals surface area contributed by atoms with Crippen LogP contribution in [-0.2, 0) is 4.79 Å². The second-order valence-corrected chi connectivity index (χ2v) is 10.4. The molecular formula is C26H25Cl2F3N4O4. The summed E-state index contributed by atoms with van der Waals surface area (Å²) in [7, 11) is 0. The molecule has 3 aromatic rings. The number of rotatable bonds is 10. The van der Waals surface area contributed by atoms with Gasteiger partial charge in [-0.2, -0.15) is 0 Å². The van der Waals surface area contributed by atoms with Crippen molar-refractivity contribution in [2.24, 2.45) is 0 Å². The van der Waals surface area contributed by atoms with Gasteiger partial charge in [-0.1, -0.05) is 42.2 Å². The maximum absolute atomic E-state index is 15.2. The quantitative estimate of drug-likeness (QED) is 0.298. The van der Waals surface area contributed by atoms with E-state index in [0.29, 0.717) is 18.6 Å². The van der Waals surface area contributed by atoms with Crippen molar-refractivity contribution in [2.75, 3.05) is 6.61 Å². The molecule has 1 aliphatic carbocycles. The third-order valence-electron chi connectivity index (χ3n) is 6.17. The van der Waals surface area contributed by atoms with E-state index in [4.69, 9.17) is 32.5 Å². The topological polar surface area (TPSA) is 106 Å². The SMILES string of the molecule is CC(C)c1cc(C(=O)NC2(C(=O)N[C@H](C)c3ncc(-c4cc(Cl)cc(Cl)c4OCC(F)F)cc3F)CC2)no1. The molecule has 2 N–H and O–H groups in total. The number of alkyl halides is 2. The van der Waals surface area contributed by atoms with E-state index in [1.165, 1.54) is 24.4 Å². The average molecular weight is 585 g/mol. The van der Waals surface area contributed by atoms with Gasteiger partial charge in [-0.25, -0.2) is 13.2 Å². The Balaban J connectivity index is 1.48. The van der Waals surface area contributed by atoms with Gasteiger partial charge in [0, 0.05) is 34.3 Å². The minimum absolute atomic E-state index is 0.0221. The van der Waals surface area contributed by atoms with Crippen LogP contribution in [0.3, 0.4) is 0 Å². The Kier molecular flexibility index (Phi) is 8.41. The van der Waals surface area contributed by atoms with Crippen LogP contribution in [0.4, 0.5) is 13.2 Å². The van der Waals surface area contributed by atoms with E-state index in [1.807, 2.05) is 13.8 Å². The summed E-state index contributed by atoms with van der Waals surface area (Å²) in [4.78, 5) is 29.8. The molecule has 1 aromatic carbocycles. The third-order valence-corrected chi connectivity index (χ3v) is 6.67. The molecule has 1 saturated carbocycles. The Morgan fingerprint density at radius 3 is 2.46 bits per heavy atom. The molecule has 8 nitrogen and oxygen atoms in total. The first-order valence-electron chi connectivity index (χ1n) is 12.1. The van der Waals surface area contributed by atoms with Crippen LogP contribution in [0.25, 0.3) is 11.1 Å². The first-order valence-corrected chi connectivity index (χ1v) is 12.8. The number of ether oxygens (including phenoxy) is 1. The number of carbonyl (C=O) groups is 2. The van der Waals surface area contributed by atoms with E-state index >= 15 is 4.39 Å². The van der Waals surface area contributed by atoms with E-state index in [0.717, 1.165) is 6.07 Å². The van der Waals surface area contributed by atoms with Gasteiger partial charge in [-0.3, -0.25) is 14.6 Å². The summed E-state index contributed by atoms with van der Waals surface area (Å²) >= 11 is 12.2. The summed E-state index contributed by atoms with van der Waals surface area (Å²) in [6, 6.07) is 4.50. The van der Waals surface area contributed by atoms with Crippen LogP contribution in [0, 0.1) is 5.82 Å². The molecular weight excluding hydrogens is 560 g/mol. The van der Waals surface area contributed by atoms with Gasteiger partial charge >= 0.3 is 0 Å². The zero-order chi connectivity index (χ0) is 28.5. The van der Waals surface area contributed by atoms with Crippen molar-refractivity contribution in [3.63, 3.8) is 0 Å². The Hall–Kier alpha value is -3.31. The van der Waals surface area contributed by atoms with Gasteiger partial charge in [-0.15, -0.1) is 0 Å². The fourth-order valence-corrected chi connectivity index (χ4v) is 4.42. The highest BCUT2D eigenvalue weighted by molar-refractivity contribution is 6.36. The fourth-order valence-electron chi connectivity index (χ4n) is 3.87. The summed E-state index contributed by atoms with van der Waals surface area (Å²) in [6.07, 6.45) is -0.654. The molecule has 1 atom stereocenters. The van der Waals surface area contributed by atoms with Crippen molar-refractivity contribution in [3.8, 4) is 16.9 Å². The summed E-state index contributed by atoms with van der Waals surface area (Å²) < 4.78 is 50.9. The maximum atomic E-state index is 15.2. The number of nitrogens with zero attached hydrogens (tertiary/aromatic N) is 2. The number of pyridine rings is 1. The zero-order valence-corrected chi connectivity index (χ0v) is 22.7. The van der Waals surface area contributed by atoms with Crippen LogP contribution in [-0.4, -0.2) is 40.5 Å². The third kappa shape index (κ3) is 6.47. The summed E-state index contributed by atoms with van der Waals surface area (Å²) in [5.41, 5.74) is -0.797. The Morgan fingerprint density at radius 1 is 1.15 bits per heavy atom. The highest BCUT2D eigenvalue weighted by Gasteiger charge is 2.52. The fraction of sp³-hybridized carbons (Fsp3) is 0.385. The number of benzene rings is 1. The van der Waals surface area contributed by atoms with E-state index in [-0.39, 0.29) is 44.2 Å². The lowest BCUT2D eigenvalue weighted by molar-refractivity contribution is -0.124. The van der Waals surface area contributed by atoms with Crippen LogP contribution in [0.2, 0.25) is 10.0 Å². The number of hydrogen-bond donors (Lipinski definition) is 2. The molecule has 208 valence electrons. The molecule has 0 bridgehead atoms. The smallest absolute Gasteiger partial charge is 0.274 e. The Labute approximate surface area is 232 Å². The maximum Gasteiger partial charge on any atom is 0.274 e. The predicted molar refractivity (Wildman–Crippen MR) is 138 cm³/mol. The van der Waals surface area contributed by atoms with Gasteiger partial charge in [-0.05, 0) is 38.0 Å². The van der Waals surface area contributed by atoms with Crippen molar-refractivity contribution in [2.45, 2.75) is 57.5 Å². The summed E-state index contributed by atoms with van der Waals surface area (Å²) in [5.74, 6) is -1.32. The van der Waals surface area contributed by atoms with Crippen molar-refractivity contribution < 1.29 is 32.0 Å². The molecule has 39 heavy (non-hydrogen) atoms. The molecule has 0 spiro atoms. The van der Waals surface area contributed by atoms with Gasteiger partial charge < -0.3 is 19.9 Å². The van der Waals surface area contributed by atoms with Gasteiger partial charge in [0.25, 0.3) is 12.3 Å². The molecule has 2 heterocycles. The van der Waals surface area contributed by atoms with Crippen LogP contribution in [0.5, 0.6) is 5.75 Å². The molecule has 2 amide bonds. The highest BCUT2D eigenvalue weighted by atomic mass is 35.5. The Bertz CT molecular complexity index is 1400. The van der Waals surface area contributed by atoms with E-state index in [2.05, 4.69) is 20.8 Å². The Morgan fingerprint density at radius 2 is 1.87 bits per heavy atom. The number of halogens is 5. The first kappa shape index (κ1) is 28.7. The number of amides is 2. The molecule has 0 unspecified atom stereocenters.